The molecule has 1 aromatic heterocycles. The molecule has 0 amide bonds. The number of aryl methyl sites for hydroxylation is 1. The van der Waals surface area contributed by atoms with E-state index in [4.69, 9.17) is 0 Å². The van der Waals surface area contributed by atoms with Gasteiger partial charge in [0.2, 0.25) is 0 Å². The van der Waals surface area contributed by atoms with Gasteiger partial charge in [-0.2, -0.15) is 0 Å². The molecule has 0 saturated carbocycles. The molecule has 2 atom stereocenters. The Morgan fingerprint density at radius 1 is 1.29 bits per heavy atom. The summed E-state index contributed by atoms with van der Waals surface area (Å²) in [6.07, 6.45) is 1.34. The molecule has 2 unspecified atom stereocenters. The van der Waals surface area contributed by atoms with Crippen LogP contribution >= 0.6 is 0 Å². The van der Waals surface area contributed by atoms with Crippen LogP contribution in [-0.4, -0.2) is 21.2 Å². The summed E-state index contributed by atoms with van der Waals surface area (Å²) in [7, 11) is 0. The first-order valence-electron chi connectivity index (χ1n) is 5.00. The van der Waals surface area contributed by atoms with E-state index in [0.717, 1.165) is 11.5 Å². The highest BCUT2D eigenvalue weighted by atomic mass is 16.3. The third kappa shape index (κ3) is 2.51. The summed E-state index contributed by atoms with van der Waals surface area (Å²) in [6.45, 7) is 7.87. The van der Waals surface area contributed by atoms with Crippen molar-refractivity contribution in [2.75, 3.05) is 0 Å². The van der Waals surface area contributed by atoms with E-state index in [1.54, 1.807) is 13.1 Å². The van der Waals surface area contributed by atoms with Gasteiger partial charge in [-0.15, -0.1) is 0 Å². The summed E-state index contributed by atoms with van der Waals surface area (Å²) < 4.78 is 0. The molecule has 1 heterocycles. The summed E-state index contributed by atoms with van der Waals surface area (Å²) in [5.41, 5.74) is 0.946. The van der Waals surface area contributed by atoms with E-state index >= 15 is 0 Å². The largest absolute Gasteiger partial charge is 0.393 e. The first-order chi connectivity index (χ1) is 6.52. The maximum Gasteiger partial charge on any atom is 0.134 e. The molecule has 14 heavy (non-hydrogen) atoms. The third-order valence-corrected chi connectivity index (χ3v) is 2.35. The van der Waals surface area contributed by atoms with Crippen molar-refractivity contribution in [2.45, 2.75) is 39.7 Å². The normalized spacial score (nSPS) is 15.6. The molecule has 3 heteroatoms. The molecule has 0 aromatic carbocycles. The number of hydrogen-bond acceptors (Lipinski definition) is 3. The van der Waals surface area contributed by atoms with E-state index in [1.807, 2.05) is 13.0 Å². The van der Waals surface area contributed by atoms with Crippen LogP contribution in [0.25, 0.3) is 0 Å². The molecule has 1 rings (SSSR count). The monoisotopic (exact) mass is 194 g/mol. The predicted octanol–water partition coefficient (Wildman–Crippen LogP) is 1.91. The van der Waals surface area contributed by atoms with Gasteiger partial charge < -0.3 is 5.11 Å². The fourth-order valence-corrected chi connectivity index (χ4v) is 1.70. The molecule has 1 aromatic rings. The smallest absolute Gasteiger partial charge is 0.134 e. The third-order valence-electron chi connectivity index (χ3n) is 2.35. The molecule has 0 radical (unpaired) electrons. The van der Waals surface area contributed by atoms with Crippen LogP contribution in [0.1, 0.15) is 38.2 Å². The van der Waals surface area contributed by atoms with Crippen LogP contribution in [0.2, 0.25) is 0 Å². The Hall–Kier alpha value is -0.960. The maximum atomic E-state index is 9.65. The van der Waals surface area contributed by atoms with Crippen molar-refractivity contribution >= 4 is 0 Å². The van der Waals surface area contributed by atoms with E-state index in [9.17, 15) is 5.11 Å². The van der Waals surface area contributed by atoms with Crippen LogP contribution < -0.4 is 0 Å². The highest BCUT2D eigenvalue weighted by molar-refractivity contribution is 5.06. The maximum absolute atomic E-state index is 9.65. The van der Waals surface area contributed by atoms with Crippen molar-refractivity contribution in [2.24, 2.45) is 5.92 Å². The highest BCUT2D eigenvalue weighted by Gasteiger charge is 2.23. The molecule has 78 valence electrons. The number of rotatable bonds is 3. The minimum absolute atomic E-state index is 0.0231. The van der Waals surface area contributed by atoms with Crippen molar-refractivity contribution < 1.29 is 5.11 Å². The Kier molecular flexibility index (Phi) is 3.58. The number of aliphatic hydroxyl groups is 1. The van der Waals surface area contributed by atoms with E-state index in [2.05, 4.69) is 23.8 Å². The molecule has 0 saturated heterocycles. The second-order valence-electron chi connectivity index (χ2n) is 4.07. The van der Waals surface area contributed by atoms with Crippen LogP contribution in [0.4, 0.5) is 0 Å². The number of hydrogen-bond donors (Lipinski definition) is 1. The molecule has 1 N–H and O–H groups in total. The van der Waals surface area contributed by atoms with E-state index in [-0.39, 0.29) is 5.92 Å². The fraction of sp³-hybridized carbons (Fsp3) is 0.636. The molecular weight excluding hydrogens is 176 g/mol. The van der Waals surface area contributed by atoms with Crippen LogP contribution in [-0.2, 0) is 0 Å². The van der Waals surface area contributed by atoms with Crippen molar-refractivity contribution in [3.8, 4) is 0 Å². The first-order valence-corrected chi connectivity index (χ1v) is 5.00. The molecule has 0 fully saturated rings. The van der Waals surface area contributed by atoms with Crippen LogP contribution in [0.15, 0.2) is 12.3 Å². The summed E-state index contributed by atoms with van der Waals surface area (Å²) >= 11 is 0. The lowest BCUT2D eigenvalue weighted by Crippen LogP contribution is -2.22. The topological polar surface area (TPSA) is 46.0 Å². The Bertz CT molecular complexity index is 289. The SMILES string of the molecule is Cc1ccnc(C(C(C)C)C(C)O)n1. The molecular formula is C11H18N2O. The van der Waals surface area contributed by atoms with Gasteiger partial charge in [-0.25, -0.2) is 9.97 Å². The minimum atomic E-state index is -0.406. The van der Waals surface area contributed by atoms with E-state index in [0.29, 0.717) is 5.92 Å². The molecule has 3 nitrogen and oxygen atoms in total. The standard InChI is InChI=1S/C11H18N2O/c1-7(2)10(9(4)14)11-12-6-5-8(3)13-11/h5-7,9-10,14H,1-4H3. The Labute approximate surface area is 85.2 Å². The summed E-state index contributed by atoms with van der Waals surface area (Å²) in [5, 5.41) is 9.65. The number of aromatic nitrogens is 2. The minimum Gasteiger partial charge on any atom is -0.393 e. The van der Waals surface area contributed by atoms with Gasteiger partial charge in [0, 0.05) is 17.8 Å². The van der Waals surface area contributed by atoms with Crippen LogP contribution in [0.5, 0.6) is 0 Å². The van der Waals surface area contributed by atoms with Gasteiger partial charge in [0.25, 0.3) is 0 Å². The first kappa shape index (κ1) is 11.1. The van der Waals surface area contributed by atoms with Gasteiger partial charge in [0.1, 0.15) is 5.82 Å². The predicted molar refractivity (Wildman–Crippen MR) is 56.0 cm³/mol. The van der Waals surface area contributed by atoms with Crippen molar-refractivity contribution in [3.63, 3.8) is 0 Å². The lowest BCUT2D eigenvalue weighted by atomic mass is 9.90. The molecule has 0 aliphatic carbocycles. The molecule has 0 bridgehead atoms. The second kappa shape index (κ2) is 4.51. The van der Waals surface area contributed by atoms with Gasteiger partial charge in [0.05, 0.1) is 6.10 Å². The van der Waals surface area contributed by atoms with Crippen LogP contribution in [0, 0.1) is 12.8 Å². The zero-order valence-corrected chi connectivity index (χ0v) is 9.23. The highest BCUT2D eigenvalue weighted by Crippen LogP contribution is 2.24. The second-order valence-corrected chi connectivity index (χ2v) is 4.07. The van der Waals surface area contributed by atoms with Crippen molar-refractivity contribution in [3.05, 3.63) is 23.8 Å². The zero-order valence-electron chi connectivity index (χ0n) is 9.23. The summed E-state index contributed by atoms with van der Waals surface area (Å²) in [4.78, 5) is 8.56. The average molecular weight is 194 g/mol. The quantitative estimate of drug-likeness (QED) is 0.799. The Balaban J connectivity index is 2.99. The van der Waals surface area contributed by atoms with Gasteiger partial charge in [-0.3, -0.25) is 0 Å². The number of nitrogens with zero attached hydrogens (tertiary/aromatic N) is 2. The van der Waals surface area contributed by atoms with E-state index < -0.39 is 6.10 Å². The number of aliphatic hydroxyl groups excluding tert-OH is 1. The molecule has 0 spiro atoms. The van der Waals surface area contributed by atoms with Crippen LogP contribution in [0.3, 0.4) is 0 Å². The fourth-order valence-electron chi connectivity index (χ4n) is 1.70. The average Bonchev–Trinajstić information content (AvgIpc) is 2.02. The van der Waals surface area contributed by atoms with Crippen molar-refractivity contribution in [1.29, 1.82) is 0 Å². The summed E-state index contributed by atoms with van der Waals surface area (Å²) in [5.74, 6) is 1.11. The molecule has 0 aliphatic heterocycles. The van der Waals surface area contributed by atoms with Crippen molar-refractivity contribution in [1.82, 2.24) is 9.97 Å². The molecule has 0 aliphatic rings. The Morgan fingerprint density at radius 2 is 1.93 bits per heavy atom. The lowest BCUT2D eigenvalue weighted by molar-refractivity contribution is 0.135. The van der Waals surface area contributed by atoms with Gasteiger partial charge in [-0.1, -0.05) is 13.8 Å². The Morgan fingerprint density at radius 3 is 2.36 bits per heavy atom. The lowest BCUT2D eigenvalue weighted by Gasteiger charge is -2.22. The summed E-state index contributed by atoms with van der Waals surface area (Å²) in [6, 6.07) is 1.86. The van der Waals surface area contributed by atoms with Gasteiger partial charge >= 0.3 is 0 Å². The zero-order chi connectivity index (χ0) is 10.7. The van der Waals surface area contributed by atoms with E-state index in [1.165, 1.54) is 0 Å². The van der Waals surface area contributed by atoms with Gasteiger partial charge in [-0.05, 0) is 25.8 Å². The van der Waals surface area contributed by atoms with Gasteiger partial charge in [0.15, 0.2) is 0 Å².